The van der Waals surface area contributed by atoms with Crippen molar-refractivity contribution in [2.45, 2.75) is 45.4 Å². The number of benzene rings is 2. The van der Waals surface area contributed by atoms with Crippen molar-refractivity contribution >= 4 is 27.8 Å². The van der Waals surface area contributed by atoms with Crippen LogP contribution in [-0.2, 0) is 0 Å². The molecule has 0 saturated heterocycles. The normalized spacial score (nSPS) is 11.1. The van der Waals surface area contributed by atoms with Crippen molar-refractivity contribution < 1.29 is 9.84 Å². The number of halogens is 1. The van der Waals surface area contributed by atoms with E-state index >= 15 is 0 Å². The van der Waals surface area contributed by atoms with Gasteiger partial charge in [-0.25, -0.2) is 0 Å². The molecule has 134 valence electrons. The third-order valence-corrected chi connectivity index (χ3v) is 4.48. The first-order valence-electron chi connectivity index (χ1n) is 8.94. The molecule has 0 unspecified atom stereocenters. The van der Waals surface area contributed by atoms with Crippen molar-refractivity contribution in [2.75, 3.05) is 6.61 Å². The highest BCUT2D eigenvalue weighted by atomic mass is 79.9. The molecular weight excluding hydrogens is 378 g/mol. The number of nitrogens with zero attached hydrogens (tertiary/aromatic N) is 1. The standard InChI is InChI=1S/C21H26BrNO2/c1-2-3-4-5-6-7-14-25-20-13-8-17(21(24)15-20)16-23-19-11-9-18(22)10-12-19/h8-13,15-16,24H,2-7,14H2,1H3. The van der Waals surface area contributed by atoms with E-state index < -0.39 is 0 Å². The highest BCUT2D eigenvalue weighted by Gasteiger charge is 2.02. The Kier molecular flexibility index (Phi) is 8.53. The molecule has 1 N–H and O–H groups in total. The quantitative estimate of drug-likeness (QED) is 0.356. The van der Waals surface area contributed by atoms with Crippen molar-refractivity contribution in [2.24, 2.45) is 4.99 Å². The fourth-order valence-corrected chi connectivity index (χ4v) is 2.73. The molecule has 25 heavy (non-hydrogen) atoms. The fourth-order valence-electron chi connectivity index (χ4n) is 2.47. The number of phenolic OH excluding ortho intramolecular Hbond substituents is 1. The van der Waals surface area contributed by atoms with Crippen LogP contribution in [0.2, 0.25) is 0 Å². The zero-order chi connectivity index (χ0) is 17.9. The summed E-state index contributed by atoms with van der Waals surface area (Å²) >= 11 is 3.40. The van der Waals surface area contributed by atoms with Crippen LogP contribution >= 0.6 is 15.9 Å². The number of rotatable bonds is 10. The van der Waals surface area contributed by atoms with Gasteiger partial charge < -0.3 is 9.84 Å². The summed E-state index contributed by atoms with van der Waals surface area (Å²) in [5.41, 5.74) is 1.51. The molecular formula is C21H26BrNO2. The Balaban J connectivity index is 1.80. The number of hydrogen-bond acceptors (Lipinski definition) is 3. The van der Waals surface area contributed by atoms with Gasteiger partial charge in [-0.15, -0.1) is 0 Å². The van der Waals surface area contributed by atoms with Crippen LogP contribution in [0, 0.1) is 0 Å². The van der Waals surface area contributed by atoms with Crippen LogP contribution in [0.25, 0.3) is 0 Å². The number of hydrogen-bond donors (Lipinski definition) is 1. The van der Waals surface area contributed by atoms with E-state index in [0.29, 0.717) is 17.9 Å². The molecule has 4 heteroatoms. The van der Waals surface area contributed by atoms with Gasteiger partial charge in [-0.3, -0.25) is 4.99 Å². The topological polar surface area (TPSA) is 41.8 Å². The van der Waals surface area contributed by atoms with Gasteiger partial charge in [0.05, 0.1) is 12.3 Å². The molecule has 0 spiro atoms. The van der Waals surface area contributed by atoms with Crippen LogP contribution in [0.5, 0.6) is 11.5 Å². The van der Waals surface area contributed by atoms with E-state index in [2.05, 4.69) is 27.8 Å². The molecule has 0 bridgehead atoms. The lowest BCUT2D eigenvalue weighted by Gasteiger charge is -2.07. The molecule has 0 aliphatic heterocycles. The molecule has 0 aliphatic rings. The third kappa shape index (κ3) is 7.30. The Morgan fingerprint density at radius 3 is 2.44 bits per heavy atom. The second-order valence-electron chi connectivity index (χ2n) is 6.07. The van der Waals surface area contributed by atoms with Gasteiger partial charge in [-0.2, -0.15) is 0 Å². The van der Waals surface area contributed by atoms with Crippen molar-refractivity contribution in [3.05, 3.63) is 52.5 Å². The van der Waals surface area contributed by atoms with E-state index in [4.69, 9.17) is 4.74 Å². The van der Waals surface area contributed by atoms with Crippen molar-refractivity contribution in [3.63, 3.8) is 0 Å². The van der Waals surface area contributed by atoms with Gasteiger partial charge in [0, 0.05) is 22.3 Å². The van der Waals surface area contributed by atoms with Crippen LogP contribution in [0.4, 0.5) is 5.69 Å². The predicted molar refractivity (Wildman–Crippen MR) is 108 cm³/mol. The number of unbranched alkanes of at least 4 members (excludes halogenated alkanes) is 5. The highest BCUT2D eigenvalue weighted by molar-refractivity contribution is 9.10. The predicted octanol–water partition coefficient (Wildman–Crippen LogP) is 6.64. The molecule has 0 saturated carbocycles. The van der Waals surface area contributed by atoms with E-state index in [1.54, 1.807) is 12.3 Å². The molecule has 0 aromatic heterocycles. The lowest BCUT2D eigenvalue weighted by atomic mass is 10.1. The molecule has 0 fully saturated rings. The van der Waals surface area contributed by atoms with E-state index in [9.17, 15) is 5.11 Å². The Labute approximate surface area is 158 Å². The first-order valence-corrected chi connectivity index (χ1v) is 9.74. The van der Waals surface area contributed by atoms with Crippen LogP contribution in [-0.4, -0.2) is 17.9 Å². The summed E-state index contributed by atoms with van der Waals surface area (Å²) in [6, 6.07) is 13.1. The van der Waals surface area contributed by atoms with E-state index in [1.807, 2.05) is 36.4 Å². The van der Waals surface area contributed by atoms with Gasteiger partial charge >= 0.3 is 0 Å². The van der Waals surface area contributed by atoms with Crippen LogP contribution in [0.15, 0.2) is 51.9 Å². The first kappa shape index (κ1) is 19.5. The van der Waals surface area contributed by atoms with Crippen molar-refractivity contribution in [3.8, 4) is 11.5 Å². The molecule has 0 amide bonds. The van der Waals surface area contributed by atoms with E-state index in [0.717, 1.165) is 16.6 Å². The minimum Gasteiger partial charge on any atom is -0.507 e. The number of phenols is 1. The SMILES string of the molecule is CCCCCCCCOc1ccc(C=Nc2ccc(Br)cc2)c(O)c1. The Hall–Kier alpha value is -1.81. The summed E-state index contributed by atoms with van der Waals surface area (Å²) < 4.78 is 6.73. The minimum absolute atomic E-state index is 0.182. The Morgan fingerprint density at radius 1 is 1.00 bits per heavy atom. The van der Waals surface area contributed by atoms with Crippen LogP contribution in [0.1, 0.15) is 51.0 Å². The van der Waals surface area contributed by atoms with Gasteiger partial charge in [-0.05, 0) is 42.8 Å². The van der Waals surface area contributed by atoms with Gasteiger partial charge in [0.15, 0.2) is 0 Å². The molecule has 3 nitrogen and oxygen atoms in total. The number of aliphatic imine (C=N–C) groups is 1. The number of aromatic hydroxyl groups is 1. The Bertz CT molecular complexity index is 668. The molecule has 0 radical (unpaired) electrons. The van der Waals surface area contributed by atoms with E-state index in [1.165, 1.54) is 32.1 Å². The average Bonchev–Trinajstić information content (AvgIpc) is 2.61. The maximum Gasteiger partial charge on any atom is 0.128 e. The Morgan fingerprint density at radius 2 is 1.72 bits per heavy atom. The molecule has 0 aliphatic carbocycles. The summed E-state index contributed by atoms with van der Waals surface area (Å²) in [4.78, 5) is 4.37. The average molecular weight is 404 g/mol. The second kappa shape index (κ2) is 10.9. The largest absolute Gasteiger partial charge is 0.507 e. The zero-order valence-electron chi connectivity index (χ0n) is 14.7. The maximum atomic E-state index is 10.1. The second-order valence-corrected chi connectivity index (χ2v) is 6.99. The van der Waals surface area contributed by atoms with Crippen LogP contribution in [0.3, 0.4) is 0 Å². The maximum absolute atomic E-state index is 10.1. The highest BCUT2D eigenvalue weighted by Crippen LogP contribution is 2.24. The number of ether oxygens (including phenoxy) is 1. The first-order chi connectivity index (χ1) is 12.2. The lowest BCUT2D eigenvalue weighted by Crippen LogP contribution is -1.97. The van der Waals surface area contributed by atoms with E-state index in [-0.39, 0.29) is 5.75 Å². The van der Waals surface area contributed by atoms with Gasteiger partial charge in [0.25, 0.3) is 0 Å². The van der Waals surface area contributed by atoms with Crippen molar-refractivity contribution in [1.82, 2.24) is 0 Å². The molecule has 0 heterocycles. The monoisotopic (exact) mass is 403 g/mol. The minimum atomic E-state index is 0.182. The van der Waals surface area contributed by atoms with Gasteiger partial charge in [0.1, 0.15) is 11.5 Å². The molecule has 2 rings (SSSR count). The van der Waals surface area contributed by atoms with Gasteiger partial charge in [-0.1, -0.05) is 55.0 Å². The fraction of sp³-hybridized carbons (Fsp3) is 0.381. The summed E-state index contributed by atoms with van der Waals surface area (Å²) in [6.45, 7) is 2.92. The van der Waals surface area contributed by atoms with Crippen molar-refractivity contribution in [1.29, 1.82) is 0 Å². The summed E-state index contributed by atoms with van der Waals surface area (Å²) in [5, 5.41) is 10.1. The summed E-state index contributed by atoms with van der Waals surface area (Å²) in [7, 11) is 0. The zero-order valence-corrected chi connectivity index (χ0v) is 16.3. The summed E-state index contributed by atoms with van der Waals surface area (Å²) in [6.07, 6.45) is 9.08. The molecule has 2 aromatic rings. The van der Waals surface area contributed by atoms with Crippen LogP contribution < -0.4 is 4.74 Å². The lowest BCUT2D eigenvalue weighted by molar-refractivity contribution is 0.302. The molecule has 2 aromatic carbocycles. The van der Waals surface area contributed by atoms with Gasteiger partial charge in [0.2, 0.25) is 0 Å². The third-order valence-electron chi connectivity index (χ3n) is 3.95. The summed E-state index contributed by atoms with van der Waals surface area (Å²) in [5.74, 6) is 0.883. The smallest absolute Gasteiger partial charge is 0.128 e. The molecule has 0 atom stereocenters.